The van der Waals surface area contributed by atoms with Crippen LogP contribution >= 0.6 is 0 Å². The van der Waals surface area contributed by atoms with E-state index in [9.17, 15) is 13.6 Å². The van der Waals surface area contributed by atoms with E-state index < -0.39 is 23.3 Å². The maximum Gasteiger partial charge on any atom is 0.337 e. The molecule has 0 unspecified atom stereocenters. The molecule has 2 aromatic rings. The number of rotatable bonds is 4. The van der Waals surface area contributed by atoms with Crippen LogP contribution in [0, 0.1) is 11.6 Å². The second-order valence-electron chi connectivity index (χ2n) is 4.02. The van der Waals surface area contributed by atoms with Gasteiger partial charge >= 0.3 is 5.97 Å². The van der Waals surface area contributed by atoms with Gasteiger partial charge in [0, 0.05) is 11.3 Å². The van der Waals surface area contributed by atoms with Crippen molar-refractivity contribution in [1.29, 1.82) is 0 Å². The van der Waals surface area contributed by atoms with Crippen LogP contribution < -0.4 is 5.32 Å². The molecule has 0 bridgehead atoms. The second kappa shape index (κ2) is 5.52. The van der Waals surface area contributed by atoms with Crippen LogP contribution in [0.25, 0.3) is 6.08 Å². The van der Waals surface area contributed by atoms with Crippen molar-refractivity contribution < 1.29 is 18.7 Å². The molecule has 0 saturated heterocycles. The predicted octanol–water partition coefficient (Wildman–Crippen LogP) is 4.05. The van der Waals surface area contributed by atoms with Crippen LogP contribution in [0.15, 0.2) is 43.0 Å². The second-order valence-corrected chi connectivity index (χ2v) is 4.02. The van der Waals surface area contributed by atoms with Gasteiger partial charge in [0.15, 0.2) is 11.6 Å². The molecule has 0 radical (unpaired) electrons. The summed E-state index contributed by atoms with van der Waals surface area (Å²) in [4.78, 5) is 11.2. The van der Waals surface area contributed by atoms with Gasteiger partial charge in [0.25, 0.3) is 0 Å². The molecule has 0 aliphatic heterocycles. The molecule has 0 aliphatic rings. The third-order valence-corrected chi connectivity index (χ3v) is 2.73. The standard InChI is InChI=1S/C15H11F2NO2/c1-2-9-8-11(15(19)20)14(13(17)12(9)16)18-10-6-4-3-5-7-10/h2-8,18H,1H2,(H,19,20). The van der Waals surface area contributed by atoms with Crippen molar-refractivity contribution in [2.75, 3.05) is 5.32 Å². The zero-order chi connectivity index (χ0) is 14.7. The highest BCUT2D eigenvalue weighted by atomic mass is 19.2. The quantitative estimate of drug-likeness (QED) is 0.885. The predicted molar refractivity (Wildman–Crippen MR) is 73.1 cm³/mol. The Balaban J connectivity index is 2.59. The molecule has 20 heavy (non-hydrogen) atoms. The number of carboxylic acid groups (broad SMARTS) is 1. The summed E-state index contributed by atoms with van der Waals surface area (Å²) in [7, 11) is 0. The summed E-state index contributed by atoms with van der Waals surface area (Å²) in [5.41, 5.74) is -0.507. The van der Waals surface area contributed by atoms with Crippen molar-refractivity contribution in [3.63, 3.8) is 0 Å². The number of hydrogen-bond donors (Lipinski definition) is 2. The summed E-state index contributed by atoms with van der Waals surface area (Å²) >= 11 is 0. The van der Waals surface area contributed by atoms with Gasteiger partial charge in [0.1, 0.15) is 0 Å². The van der Waals surface area contributed by atoms with Crippen LogP contribution in [-0.4, -0.2) is 11.1 Å². The first-order valence-corrected chi connectivity index (χ1v) is 5.74. The third kappa shape index (κ3) is 2.51. The SMILES string of the molecule is C=Cc1cc(C(=O)O)c(Nc2ccccc2)c(F)c1F. The Kier molecular flexibility index (Phi) is 3.79. The summed E-state index contributed by atoms with van der Waals surface area (Å²) in [5, 5.41) is 11.7. The van der Waals surface area contributed by atoms with Crippen molar-refractivity contribution >= 4 is 23.4 Å². The number of carbonyl (C=O) groups is 1. The van der Waals surface area contributed by atoms with Gasteiger partial charge in [-0.3, -0.25) is 0 Å². The van der Waals surface area contributed by atoms with Crippen LogP contribution in [0.3, 0.4) is 0 Å². The molecular weight excluding hydrogens is 264 g/mol. The summed E-state index contributed by atoms with van der Waals surface area (Å²) in [6, 6.07) is 9.40. The molecule has 0 heterocycles. The van der Waals surface area contributed by atoms with E-state index in [1.807, 2.05) is 0 Å². The van der Waals surface area contributed by atoms with Crippen molar-refractivity contribution in [2.24, 2.45) is 0 Å². The number of para-hydroxylation sites is 1. The molecule has 2 aromatic carbocycles. The van der Waals surface area contributed by atoms with Crippen LogP contribution in [0.1, 0.15) is 15.9 Å². The summed E-state index contributed by atoms with van der Waals surface area (Å²) < 4.78 is 27.7. The van der Waals surface area contributed by atoms with Gasteiger partial charge in [-0.15, -0.1) is 0 Å². The topological polar surface area (TPSA) is 49.3 Å². The van der Waals surface area contributed by atoms with E-state index in [0.29, 0.717) is 5.69 Å². The summed E-state index contributed by atoms with van der Waals surface area (Å²) in [6.07, 6.45) is 1.07. The number of benzene rings is 2. The molecule has 2 N–H and O–H groups in total. The van der Waals surface area contributed by atoms with Gasteiger partial charge in [-0.25, -0.2) is 13.6 Å². The van der Waals surface area contributed by atoms with Gasteiger partial charge < -0.3 is 10.4 Å². The molecule has 3 nitrogen and oxygen atoms in total. The van der Waals surface area contributed by atoms with Crippen molar-refractivity contribution in [1.82, 2.24) is 0 Å². The molecule has 0 saturated carbocycles. The fourth-order valence-corrected chi connectivity index (χ4v) is 1.75. The minimum atomic E-state index is -1.36. The summed E-state index contributed by atoms with van der Waals surface area (Å²) in [5.74, 6) is -3.74. The lowest BCUT2D eigenvalue weighted by Crippen LogP contribution is -2.08. The molecule has 2 rings (SSSR count). The fraction of sp³-hybridized carbons (Fsp3) is 0. The number of anilines is 2. The van der Waals surface area contributed by atoms with Crippen LogP contribution in [-0.2, 0) is 0 Å². The highest BCUT2D eigenvalue weighted by Gasteiger charge is 2.21. The first-order chi connectivity index (χ1) is 9.54. The van der Waals surface area contributed by atoms with Crippen LogP contribution in [0.4, 0.5) is 20.2 Å². The first-order valence-electron chi connectivity index (χ1n) is 5.74. The molecule has 0 aromatic heterocycles. The molecule has 0 amide bonds. The molecule has 102 valence electrons. The minimum absolute atomic E-state index is 0.196. The summed E-state index contributed by atoms with van der Waals surface area (Å²) in [6.45, 7) is 3.33. The van der Waals surface area contributed by atoms with E-state index in [1.54, 1.807) is 30.3 Å². The smallest absolute Gasteiger partial charge is 0.337 e. The highest BCUT2D eigenvalue weighted by molar-refractivity contribution is 5.96. The highest BCUT2D eigenvalue weighted by Crippen LogP contribution is 2.29. The van der Waals surface area contributed by atoms with Crippen molar-refractivity contribution in [2.45, 2.75) is 0 Å². The number of hydrogen-bond acceptors (Lipinski definition) is 2. The van der Waals surface area contributed by atoms with Crippen LogP contribution in [0.2, 0.25) is 0 Å². The average Bonchev–Trinajstić information content (AvgIpc) is 2.45. The van der Waals surface area contributed by atoms with Crippen molar-refractivity contribution in [3.8, 4) is 0 Å². The Morgan fingerprint density at radius 3 is 2.40 bits per heavy atom. The largest absolute Gasteiger partial charge is 0.478 e. The van der Waals surface area contributed by atoms with E-state index in [4.69, 9.17) is 5.11 Å². The lowest BCUT2D eigenvalue weighted by atomic mass is 10.1. The molecule has 0 aliphatic carbocycles. The Labute approximate surface area is 114 Å². The molecule has 0 spiro atoms. The zero-order valence-electron chi connectivity index (χ0n) is 10.4. The molecule has 0 fully saturated rings. The van der Waals surface area contributed by atoms with Crippen molar-refractivity contribution in [3.05, 3.63) is 65.7 Å². The minimum Gasteiger partial charge on any atom is -0.478 e. The number of halogens is 2. The van der Waals surface area contributed by atoms with E-state index >= 15 is 0 Å². The third-order valence-electron chi connectivity index (χ3n) is 2.73. The number of carboxylic acids is 1. The molecule has 5 heteroatoms. The average molecular weight is 275 g/mol. The van der Waals surface area contributed by atoms with Gasteiger partial charge in [-0.05, 0) is 18.2 Å². The van der Waals surface area contributed by atoms with Gasteiger partial charge in [-0.1, -0.05) is 30.9 Å². The fourth-order valence-electron chi connectivity index (χ4n) is 1.75. The lowest BCUT2D eigenvalue weighted by molar-refractivity contribution is 0.0697. The molecule has 0 atom stereocenters. The normalized spacial score (nSPS) is 10.1. The van der Waals surface area contributed by atoms with Gasteiger partial charge in [0.05, 0.1) is 11.3 Å². The lowest BCUT2D eigenvalue weighted by Gasteiger charge is -2.13. The number of aromatic carboxylic acids is 1. The number of nitrogens with one attached hydrogen (secondary N) is 1. The van der Waals surface area contributed by atoms with E-state index in [0.717, 1.165) is 12.1 Å². The van der Waals surface area contributed by atoms with E-state index in [-0.39, 0.29) is 11.1 Å². The monoisotopic (exact) mass is 275 g/mol. The Hall–Kier alpha value is -2.69. The van der Waals surface area contributed by atoms with Crippen LogP contribution in [0.5, 0.6) is 0 Å². The molecular formula is C15H11F2NO2. The van der Waals surface area contributed by atoms with Gasteiger partial charge in [0.2, 0.25) is 0 Å². The van der Waals surface area contributed by atoms with E-state index in [2.05, 4.69) is 11.9 Å². The Morgan fingerprint density at radius 1 is 1.20 bits per heavy atom. The Bertz CT molecular complexity index is 669. The maximum absolute atomic E-state index is 14.0. The maximum atomic E-state index is 14.0. The Morgan fingerprint density at radius 2 is 1.85 bits per heavy atom. The van der Waals surface area contributed by atoms with Gasteiger partial charge in [-0.2, -0.15) is 0 Å². The zero-order valence-corrected chi connectivity index (χ0v) is 10.4. The van der Waals surface area contributed by atoms with E-state index in [1.165, 1.54) is 0 Å². The first kappa shape index (κ1) is 13.7.